The third-order valence-electron chi connectivity index (χ3n) is 8.68. The van der Waals surface area contributed by atoms with E-state index in [2.05, 4.69) is 17.6 Å². The maximum atomic E-state index is 13.8. The van der Waals surface area contributed by atoms with E-state index in [1.165, 1.54) is 6.42 Å². The van der Waals surface area contributed by atoms with E-state index in [0.29, 0.717) is 18.2 Å². The van der Waals surface area contributed by atoms with Crippen molar-refractivity contribution in [2.45, 2.75) is 82.2 Å². The number of hydrogen-bond acceptors (Lipinski definition) is 5. The Morgan fingerprint density at radius 1 is 1.11 bits per heavy atom. The van der Waals surface area contributed by atoms with Gasteiger partial charge in [0.25, 0.3) is 0 Å². The van der Waals surface area contributed by atoms with Crippen LogP contribution in [-0.2, 0) is 19.1 Å². The minimum atomic E-state index is -1.09. The quantitative estimate of drug-likeness (QED) is 0.569. The number of anilines is 1. The lowest BCUT2D eigenvalue weighted by atomic mass is 9.74. The number of rotatable bonds is 7. The zero-order valence-corrected chi connectivity index (χ0v) is 20.9. The van der Waals surface area contributed by atoms with Gasteiger partial charge in [0.05, 0.1) is 24.5 Å². The van der Waals surface area contributed by atoms with Crippen LogP contribution in [0.25, 0.3) is 0 Å². The summed E-state index contributed by atoms with van der Waals surface area (Å²) in [5.41, 5.74) is -0.456. The number of hydrogen-bond donors (Lipinski definition) is 2. The molecule has 2 saturated carbocycles. The van der Waals surface area contributed by atoms with Gasteiger partial charge in [-0.3, -0.25) is 14.4 Å². The zero-order chi connectivity index (χ0) is 25.0. The summed E-state index contributed by atoms with van der Waals surface area (Å²) in [7, 11) is 0. The largest absolute Gasteiger partial charge is 0.494 e. The highest BCUT2D eigenvalue weighted by atomic mass is 16.5. The molecule has 3 aliphatic heterocycles. The van der Waals surface area contributed by atoms with Gasteiger partial charge in [-0.15, -0.1) is 0 Å². The number of likely N-dealkylation sites (tertiary alicyclic amines) is 1. The maximum Gasteiger partial charge on any atom is 0.246 e. The Morgan fingerprint density at radius 2 is 1.86 bits per heavy atom. The second kappa shape index (κ2) is 8.91. The Labute approximate surface area is 211 Å². The topological polar surface area (TPSA) is 97.0 Å². The van der Waals surface area contributed by atoms with Gasteiger partial charge in [-0.1, -0.05) is 31.9 Å². The van der Waals surface area contributed by atoms with Crippen LogP contribution in [0.4, 0.5) is 5.69 Å². The number of nitrogens with zero attached hydrogens (tertiary/aromatic N) is 1. The number of ether oxygens (including phenoxy) is 2. The van der Waals surface area contributed by atoms with Gasteiger partial charge >= 0.3 is 0 Å². The Bertz CT molecular complexity index is 1080. The van der Waals surface area contributed by atoms with Gasteiger partial charge in [0.1, 0.15) is 17.4 Å². The highest BCUT2D eigenvalue weighted by Gasteiger charge is 2.74. The van der Waals surface area contributed by atoms with Crippen molar-refractivity contribution in [1.29, 1.82) is 0 Å². The molecule has 36 heavy (non-hydrogen) atoms. The number of benzene rings is 1. The summed E-state index contributed by atoms with van der Waals surface area (Å²) in [5.74, 6) is -0.773. The second-order valence-corrected chi connectivity index (χ2v) is 11.0. The van der Waals surface area contributed by atoms with Crippen LogP contribution >= 0.6 is 0 Å². The molecule has 6 rings (SSSR count). The Hall–Kier alpha value is -2.87. The third kappa shape index (κ3) is 3.72. The smallest absolute Gasteiger partial charge is 0.246 e. The van der Waals surface area contributed by atoms with Crippen LogP contribution in [0.15, 0.2) is 36.4 Å². The fraction of sp³-hybridized carbons (Fsp3) is 0.607. The number of nitrogens with one attached hydrogen (secondary N) is 2. The monoisotopic (exact) mass is 493 g/mol. The van der Waals surface area contributed by atoms with E-state index in [1.54, 1.807) is 29.2 Å². The van der Waals surface area contributed by atoms with Gasteiger partial charge in [-0.2, -0.15) is 0 Å². The number of carbonyl (C=O) groups excluding carboxylic acids is 3. The molecule has 5 aliphatic rings. The lowest BCUT2D eigenvalue weighted by Crippen LogP contribution is -2.57. The lowest BCUT2D eigenvalue weighted by Gasteiger charge is -2.36. The number of amides is 3. The molecule has 192 valence electrons. The van der Waals surface area contributed by atoms with E-state index in [1.807, 2.05) is 19.1 Å². The summed E-state index contributed by atoms with van der Waals surface area (Å²) < 4.78 is 11.9. The van der Waals surface area contributed by atoms with Gasteiger partial charge in [0, 0.05) is 17.8 Å². The number of carbonyl (C=O) groups is 3. The molecule has 0 unspecified atom stereocenters. The van der Waals surface area contributed by atoms with Crippen LogP contribution in [-0.4, -0.2) is 59.1 Å². The molecular formula is C28H35N3O5. The first-order chi connectivity index (χ1) is 17.4. The van der Waals surface area contributed by atoms with E-state index in [9.17, 15) is 14.4 Å². The highest BCUT2D eigenvalue weighted by molar-refractivity contribution is 6.03. The van der Waals surface area contributed by atoms with Crippen molar-refractivity contribution in [2.75, 3.05) is 11.9 Å². The molecular weight excluding hydrogens is 458 g/mol. The van der Waals surface area contributed by atoms with E-state index in [-0.39, 0.29) is 29.8 Å². The van der Waals surface area contributed by atoms with E-state index >= 15 is 0 Å². The Balaban J connectivity index is 1.25. The SMILES string of the molecule is CCOc1ccc(NC(=O)[C@H]2[C@H]3C=C[C@@]4(O3)[C@H]2C(=O)N(C2CC2)[C@@H]4C(=O)N[C@H]2CCCC[C@@H]2C)cc1. The Morgan fingerprint density at radius 3 is 2.56 bits per heavy atom. The van der Waals surface area contributed by atoms with Crippen LogP contribution in [0.5, 0.6) is 5.75 Å². The molecule has 8 heteroatoms. The van der Waals surface area contributed by atoms with Crippen molar-refractivity contribution in [2.24, 2.45) is 17.8 Å². The minimum Gasteiger partial charge on any atom is -0.494 e. The molecule has 1 aromatic carbocycles. The standard InChI is InChI=1S/C28H35N3O5/c1-3-35-19-12-8-17(9-13-19)29-25(32)22-21-14-15-28(36-21)23(22)27(34)31(18-10-11-18)24(28)26(33)30-20-7-5-4-6-16(20)2/h8-9,12-16,18,20-24H,3-7,10-11H2,1-2H3,(H,29,32)(H,30,33)/t16-,20-,21+,22-,23+,24+,28+/m0/s1. The first-order valence-electron chi connectivity index (χ1n) is 13.5. The molecule has 1 aromatic rings. The summed E-state index contributed by atoms with van der Waals surface area (Å²) in [5, 5.41) is 6.24. The van der Waals surface area contributed by atoms with Gasteiger partial charge in [0.15, 0.2) is 0 Å². The lowest BCUT2D eigenvalue weighted by molar-refractivity contribution is -0.142. The van der Waals surface area contributed by atoms with Crippen molar-refractivity contribution in [3.63, 3.8) is 0 Å². The van der Waals surface area contributed by atoms with Gasteiger partial charge in [-0.05, 0) is 62.8 Å². The molecule has 4 fully saturated rings. The third-order valence-corrected chi connectivity index (χ3v) is 8.68. The summed E-state index contributed by atoms with van der Waals surface area (Å²) >= 11 is 0. The molecule has 2 aliphatic carbocycles. The summed E-state index contributed by atoms with van der Waals surface area (Å²) in [6.07, 6.45) is 9.35. The van der Waals surface area contributed by atoms with Crippen molar-refractivity contribution in [3.8, 4) is 5.75 Å². The summed E-state index contributed by atoms with van der Waals surface area (Å²) in [6, 6.07) is 6.61. The highest BCUT2D eigenvalue weighted by Crippen LogP contribution is 2.57. The molecule has 0 radical (unpaired) electrons. The van der Waals surface area contributed by atoms with Crippen molar-refractivity contribution < 1.29 is 23.9 Å². The van der Waals surface area contributed by atoms with E-state index < -0.39 is 29.6 Å². The van der Waals surface area contributed by atoms with Gasteiger partial charge in [0.2, 0.25) is 17.7 Å². The Kier molecular flexibility index (Phi) is 5.82. The van der Waals surface area contributed by atoms with Crippen LogP contribution in [0.1, 0.15) is 52.4 Å². The second-order valence-electron chi connectivity index (χ2n) is 11.0. The maximum absolute atomic E-state index is 13.8. The average molecular weight is 494 g/mol. The first-order valence-corrected chi connectivity index (χ1v) is 13.5. The van der Waals surface area contributed by atoms with Crippen LogP contribution < -0.4 is 15.4 Å². The average Bonchev–Trinajstić information content (AvgIpc) is 3.46. The molecule has 8 nitrogen and oxygen atoms in total. The van der Waals surface area contributed by atoms with Crippen LogP contribution in [0.2, 0.25) is 0 Å². The predicted molar refractivity (Wildman–Crippen MR) is 133 cm³/mol. The summed E-state index contributed by atoms with van der Waals surface area (Å²) in [6.45, 7) is 4.67. The van der Waals surface area contributed by atoms with Gasteiger partial charge in [-0.25, -0.2) is 0 Å². The molecule has 2 N–H and O–H groups in total. The predicted octanol–water partition coefficient (Wildman–Crippen LogP) is 3.03. The first kappa shape index (κ1) is 23.5. The minimum absolute atomic E-state index is 0.0443. The molecule has 3 heterocycles. The number of fused-ring (bicyclic) bond motifs is 1. The zero-order valence-electron chi connectivity index (χ0n) is 20.9. The normalized spacial score (nSPS) is 36.6. The summed E-state index contributed by atoms with van der Waals surface area (Å²) in [4.78, 5) is 42.9. The molecule has 1 spiro atoms. The van der Waals surface area contributed by atoms with Crippen molar-refractivity contribution in [3.05, 3.63) is 36.4 Å². The molecule has 2 bridgehead atoms. The molecule has 7 atom stereocenters. The van der Waals surface area contributed by atoms with Crippen LogP contribution in [0.3, 0.4) is 0 Å². The van der Waals surface area contributed by atoms with E-state index in [4.69, 9.17) is 9.47 Å². The molecule has 2 saturated heterocycles. The fourth-order valence-electron chi connectivity index (χ4n) is 6.77. The molecule has 0 aromatic heterocycles. The fourth-order valence-corrected chi connectivity index (χ4v) is 6.77. The van der Waals surface area contributed by atoms with Gasteiger partial charge < -0.3 is 25.0 Å². The van der Waals surface area contributed by atoms with Crippen molar-refractivity contribution in [1.82, 2.24) is 10.2 Å². The van der Waals surface area contributed by atoms with Crippen LogP contribution in [0, 0.1) is 17.8 Å². The molecule has 3 amide bonds. The van der Waals surface area contributed by atoms with Crippen molar-refractivity contribution >= 4 is 23.4 Å². The van der Waals surface area contributed by atoms with E-state index in [0.717, 1.165) is 37.9 Å².